The first kappa shape index (κ1) is 17.0. The van der Waals surface area contributed by atoms with Gasteiger partial charge >= 0.3 is 5.97 Å². The molecular formula is C16H23NO4. The van der Waals surface area contributed by atoms with Crippen LogP contribution in [-0.2, 0) is 9.59 Å². The van der Waals surface area contributed by atoms with Crippen LogP contribution in [0.15, 0.2) is 24.3 Å². The molecule has 0 aromatic heterocycles. The highest BCUT2D eigenvalue weighted by atomic mass is 16.5. The van der Waals surface area contributed by atoms with E-state index >= 15 is 0 Å². The summed E-state index contributed by atoms with van der Waals surface area (Å²) in [6, 6.07) is 7.20. The predicted octanol–water partition coefficient (Wildman–Crippen LogP) is 2.69. The first-order valence-corrected chi connectivity index (χ1v) is 7.25. The van der Waals surface area contributed by atoms with Crippen molar-refractivity contribution in [3.05, 3.63) is 29.8 Å². The number of amides is 1. The number of rotatable bonds is 10. The average Bonchev–Trinajstić information content (AvgIpc) is 2.42. The van der Waals surface area contributed by atoms with Gasteiger partial charge < -0.3 is 15.6 Å². The molecule has 5 nitrogen and oxygen atoms in total. The average molecular weight is 293 g/mol. The number of hydrogen-bond donors (Lipinski definition) is 2. The number of carboxylic acids is 1. The Labute approximate surface area is 125 Å². The molecule has 1 amide bonds. The molecule has 0 spiro atoms. The zero-order chi connectivity index (χ0) is 15.7. The van der Waals surface area contributed by atoms with E-state index < -0.39 is 17.8 Å². The molecule has 0 radical (unpaired) electrons. The number of carboxylic acid groups (broad SMARTS) is 1. The fourth-order valence-corrected chi connectivity index (χ4v) is 2.14. The Hall–Kier alpha value is -2.04. The van der Waals surface area contributed by atoms with E-state index in [9.17, 15) is 9.59 Å². The number of aliphatic carboxylic acids is 1. The fraction of sp³-hybridized carbons (Fsp3) is 0.500. The standard InChI is InChI=1S/C16H23NO4/c1-2-3-4-9-21-14-7-5-12(6-8-14)13(10-15(17)18)11-16(19)20/h5-8,13H,2-4,9-11H2,1H3,(H2,17,18)(H,19,20)/t13-/m1/s1. The van der Waals surface area contributed by atoms with Crippen LogP contribution in [0.5, 0.6) is 5.75 Å². The Balaban J connectivity index is 2.63. The SMILES string of the molecule is CCCCCOc1ccc([C@H](CC(N)=O)CC(=O)O)cc1. The third-order valence-corrected chi connectivity index (χ3v) is 3.24. The van der Waals surface area contributed by atoms with Crippen molar-refractivity contribution in [3.8, 4) is 5.75 Å². The largest absolute Gasteiger partial charge is 0.494 e. The molecule has 0 fully saturated rings. The molecular weight excluding hydrogens is 270 g/mol. The number of ether oxygens (including phenoxy) is 1. The van der Waals surface area contributed by atoms with E-state index in [0.717, 1.165) is 30.6 Å². The molecule has 1 aromatic carbocycles. The molecule has 0 aliphatic rings. The normalized spacial score (nSPS) is 11.9. The smallest absolute Gasteiger partial charge is 0.303 e. The molecule has 1 rings (SSSR count). The lowest BCUT2D eigenvalue weighted by atomic mass is 9.92. The molecule has 0 aliphatic heterocycles. The highest BCUT2D eigenvalue weighted by Gasteiger charge is 2.18. The number of unbranched alkanes of at least 4 members (excludes halogenated alkanes) is 2. The van der Waals surface area contributed by atoms with Gasteiger partial charge in [0.15, 0.2) is 0 Å². The van der Waals surface area contributed by atoms with Crippen molar-refractivity contribution < 1.29 is 19.4 Å². The van der Waals surface area contributed by atoms with Crippen molar-refractivity contribution in [3.63, 3.8) is 0 Å². The van der Waals surface area contributed by atoms with Gasteiger partial charge in [-0.25, -0.2) is 0 Å². The topological polar surface area (TPSA) is 89.6 Å². The summed E-state index contributed by atoms with van der Waals surface area (Å²) in [5.74, 6) is -1.08. The summed E-state index contributed by atoms with van der Waals surface area (Å²) in [4.78, 5) is 21.9. The van der Waals surface area contributed by atoms with Gasteiger partial charge in [0.25, 0.3) is 0 Å². The number of nitrogens with two attached hydrogens (primary N) is 1. The van der Waals surface area contributed by atoms with Crippen molar-refractivity contribution in [1.82, 2.24) is 0 Å². The molecule has 21 heavy (non-hydrogen) atoms. The predicted molar refractivity (Wildman–Crippen MR) is 80.3 cm³/mol. The molecule has 3 N–H and O–H groups in total. The van der Waals surface area contributed by atoms with Crippen molar-refractivity contribution >= 4 is 11.9 Å². The molecule has 0 bridgehead atoms. The van der Waals surface area contributed by atoms with Gasteiger partial charge in [-0.05, 0) is 24.1 Å². The Morgan fingerprint density at radius 3 is 2.38 bits per heavy atom. The van der Waals surface area contributed by atoms with Gasteiger partial charge in [0, 0.05) is 12.3 Å². The third kappa shape index (κ3) is 6.79. The van der Waals surface area contributed by atoms with E-state index in [-0.39, 0.29) is 12.8 Å². The lowest BCUT2D eigenvalue weighted by molar-refractivity contribution is -0.137. The minimum atomic E-state index is -0.943. The maximum absolute atomic E-state index is 11.0. The number of carbonyl (C=O) groups is 2. The summed E-state index contributed by atoms with van der Waals surface area (Å²) in [5.41, 5.74) is 5.96. The van der Waals surface area contributed by atoms with E-state index in [2.05, 4.69) is 6.92 Å². The summed E-state index contributed by atoms with van der Waals surface area (Å²) in [5, 5.41) is 8.90. The van der Waals surface area contributed by atoms with Crippen molar-refractivity contribution in [2.75, 3.05) is 6.61 Å². The van der Waals surface area contributed by atoms with Gasteiger partial charge in [0.05, 0.1) is 13.0 Å². The van der Waals surface area contributed by atoms with Crippen LogP contribution in [0, 0.1) is 0 Å². The zero-order valence-electron chi connectivity index (χ0n) is 12.4. The van der Waals surface area contributed by atoms with Gasteiger partial charge in [-0.2, -0.15) is 0 Å². The molecule has 1 atom stereocenters. The number of benzene rings is 1. The summed E-state index contributed by atoms with van der Waals surface area (Å²) in [6.45, 7) is 2.81. The Morgan fingerprint density at radius 2 is 1.86 bits per heavy atom. The molecule has 0 unspecified atom stereocenters. The quantitative estimate of drug-likeness (QED) is 0.649. The summed E-state index contributed by atoms with van der Waals surface area (Å²) in [7, 11) is 0. The maximum atomic E-state index is 11.0. The van der Waals surface area contributed by atoms with Crippen molar-refractivity contribution in [2.24, 2.45) is 5.73 Å². The summed E-state index contributed by atoms with van der Waals surface area (Å²) >= 11 is 0. The Bertz CT molecular complexity index is 440. The maximum Gasteiger partial charge on any atom is 0.303 e. The van der Waals surface area contributed by atoms with Crippen LogP contribution in [0.25, 0.3) is 0 Å². The summed E-state index contributed by atoms with van der Waals surface area (Å²) < 4.78 is 5.60. The van der Waals surface area contributed by atoms with Crippen LogP contribution in [0.2, 0.25) is 0 Å². The van der Waals surface area contributed by atoms with Crippen LogP contribution >= 0.6 is 0 Å². The van der Waals surface area contributed by atoms with Crippen LogP contribution in [-0.4, -0.2) is 23.6 Å². The monoisotopic (exact) mass is 293 g/mol. The number of carbonyl (C=O) groups excluding carboxylic acids is 1. The first-order chi connectivity index (χ1) is 10.0. The molecule has 1 aromatic rings. The van der Waals surface area contributed by atoms with E-state index in [1.807, 2.05) is 0 Å². The molecule has 0 heterocycles. The van der Waals surface area contributed by atoms with Crippen molar-refractivity contribution in [1.29, 1.82) is 0 Å². The van der Waals surface area contributed by atoms with Gasteiger partial charge in [-0.3, -0.25) is 9.59 Å². The van der Waals surface area contributed by atoms with E-state index in [0.29, 0.717) is 6.61 Å². The minimum absolute atomic E-state index is 0.0308. The molecule has 0 aliphatic carbocycles. The Morgan fingerprint density at radius 1 is 1.19 bits per heavy atom. The molecule has 116 valence electrons. The number of primary amides is 1. The summed E-state index contributed by atoms with van der Waals surface area (Å²) in [6.07, 6.45) is 3.22. The number of hydrogen-bond acceptors (Lipinski definition) is 3. The first-order valence-electron chi connectivity index (χ1n) is 7.25. The lowest BCUT2D eigenvalue weighted by Crippen LogP contribution is -2.17. The second-order valence-corrected chi connectivity index (χ2v) is 5.09. The van der Waals surface area contributed by atoms with Gasteiger partial charge in [0.1, 0.15) is 5.75 Å². The van der Waals surface area contributed by atoms with E-state index in [1.165, 1.54) is 0 Å². The zero-order valence-corrected chi connectivity index (χ0v) is 12.4. The molecule has 0 saturated carbocycles. The Kier molecular flexibility index (Phi) is 7.29. The molecule has 0 saturated heterocycles. The third-order valence-electron chi connectivity index (χ3n) is 3.24. The van der Waals surface area contributed by atoms with Crippen LogP contribution in [0.1, 0.15) is 50.5 Å². The van der Waals surface area contributed by atoms with E-state index in [1.54, 1.807) is 24.3 Å². The highest BCUT2D eigenvalue weighted by Crippen LogP contribution is 2.25. The van der Waals surface area contributed by atoms with Gasteiger partial charge in [0.2, 0.25) is 5.91 Å². The lowest BCUT2D eigenvalue weighted by Gasteiger charge is -2.14. The van der Waals surface area contributed by atoms with Crippen LogP contribution in [0.4, 0.5) is 0 Å². The minimum Gasteiger partial charge on any atom is -0.494 e. The highest BCUT2D eigenvalue weighted by molar-refractivity contribution is 5.76. The van der Waals surface area contributed by atoms with Gasteiger partial charge in [-0.15, -0.1) is 0 Å². The van der Waals surface area contributed by atoms with E-state index in [4.69, 9.17) is 15.6 Å². The van der Waals surface area contributed by atoms with Gasteiger partial charge in [-0.1, -0.05) is 31.9 Å². The second-order valence-electron chi connectivity index (χ2n) is 5.09. The molecule has 5 heteroatoms. The van der Waals surface area contributed by atoms with Crippen molar-refractivity contribution in [2.45, 2.75) is 44.9 Å². The second kappa shape index (κ2) is 9.00. The fourth-order valence-electron chi connectivity index (χ4n) is 2.14. The van der Waals surface area contributed by atoms with Crippen LogP contribution < -0.4 is 10.5 Å². The van der Waals surface area contributed by atoms with Crippen LogP contribution in [0.3, 0.4) is 0 Å².